The summed E-state index contributed by atoms with van der Waals surface area (Å²) in [6.45, 7) is 6.41. The lowest BCUT2D eigenvalue weighted by Gasteiger charge is -2.30. The molecule has 1 rings (SSSR count). The van der Waals surface area contributed by atoms with Gasteiger partial charge in [-0.1, -0.05) is 30.3 Å². The number of methoxy groups -OCH3 is 1. The van der Waals surface area contributed by atoms with Gasteiger partial charge >= 0.3 is 12.1 Å². The Morgan fingerprint density at radius 2 is 1.66 bits per heavy atom. The van der Waals surface area contributed by atoms with Gasteiger partial charge in [0.15, 0.2) is 0 Å². The Morgan fingerprint density at radius 3 is 2.17 bits per heavy atom. The Morgan fingerprint density at radius 1 is 1.03 bits per heavy atom. The largest absolute Gasteiger partial charge is 0.468 e. The van der Waals surface area contributed by atoms with Crippen LogP contribution in [0.3, 0.4) is 0 Å². The summed E-state index contributed by atoms with van der Waals surface area (Å²) in [5, 5.41) is 4.88. The quantitative estimate of drug-likeness (QED) is 0.630. The number of likely N-dealkylation sites (N-methyl/N-ethyl adjacent to an activating group) is 1. The van der Waals surface area contributed by atoms with Gasteiger partial charge in [-0.2, -0.15) is 0 Å². The number of nitrogens with zero attached hydrogens (tertiary/aromatic N) is 1. The molecule has 9 heteroatoms. The van der Waals surface area contributed by atoms with Crippen molar-refractivity contribution in [1.82, 2.24) is 15.5 Å². The second-order valence-corrected chi connectivity index (χ2v) is 7.14. The summed E-state index contributed by atoms with van der Waals surface area (Å²) < 4.78 is 9.65. The molecule has 1 atom stereocenters. The van der Waals surface area contributed by atoms with Crippen LogP contribution >= 0.6 is 0 Å². The Bertz CT molecular complexity index is 715. The van der Waals surface area contributed by atoms with Crippen LogP contribution < -0.4 is 10.6 Å². The third kappa shape index (κ3) is 8.20. The third-order valence-corrected chi connectivity index (χ3v) is 3.75. The molecule has 29 heavy (non-hydrogen) atoms. The summed E-state index contributed by atoms with van der Waals surface area (Å²) >= 11 is 0. The lowest BCUT2D eigenvalue weighted by Crippen LogP contribution is -2.48. The molecule has 0 spiro atoms. The minimum absolute atomic E-state index is 0.208. The van der Waals surface area contributed by atoms with Gasteiger partial charge in [0.05, 0.1) is 7.11 Å². The van der Waals surface area contributed by atoms with E-state index in [1.54, 1.807) is 58.0 Å². The van der Waals surface area contributed by atoms with E-state index in [9.17, 15) is 19.2 Å². The summed E-state index contributed by atoms with van der Waals surface area (Å²) in [6, 6.07) is 7.72. The number of carbonyl (C=O) groups excluding carboxylic acids is 4. The van der Waals surface area contributed by atoms with Crippen LogP contribution in [0.15, 0.2) is 30.3 Å². The molecule has 0 aliphatic carbocycles. The van der Waals surface area contributed by atoms with Crippen LogP contribution in [0, 0.1) is 0 Å². The van der Waals surface area contributed by atoms with Gasteiger partial charge in [0.25, 0.3) is 0 Å². The summed E-state index contributed by atoms with van der Waals surface area (Å²) in [5.41, 5.74) is -0.125. The fourth-order valence-corrected chi connectivity index (χ4v) is 2.50. The van der Waals surface area contributed by atoms with Crippen molar-refractivity contribution < 1.29 is 28.7 Å². The molecule has 0 aromatic heterocycles. The van der Waals surface area contributed by atoms with E-state index in [0.717, 1.165) is 0 Å². The number of hydrogen-bond acceptors (Lipinski definition) is 6. The Labute approximate surface area is 170 Å². The second-order valence-electron chi connectivity index (χ2n) is 7.14. The monoisotopic (exact) mass is 407 g/mol. The van der Waals surface area contributed by atoms with Crippen molar-refractivity contribution in [3.8, 4) is 0 Å². The first-order valence-electron chi connectivity index (χ1n) is 9.24. The molecule has 1 aromatic carbocycles. The number of ether oxygens (including phenoxy) is 2. The molecule has 0 radical (unpaired) electrons. The van der Waals surface area contributed by atoms with E-state index in [0.29, 0.717) is 5.56 Å². The number of hydrogen-bond donors (Lipinski definition) is 2. The van der Waals surface area contributed by atoms with E-state index in [1.807, 2.05) is 0 Å². The molecular formula is C20H29N3O6. The van der Waals surface area contributed by atoms with Gasteiger partial charge in [-0.3, -0.25) is 14.4 Å². The highest BCUT2D eigenvalue weighted by molar-refractivity contribution is 5.91. The predicted molar refractivity (Wildman–Crippen MR) is 106 cm³/mol. The first-order valence-corrected chi connectivity index (χ1v) is 9.24. The second kappa shape index (κ2) is 11.0. The van der Waals surface area contributed by atoms with Crippen molar-refractivity contribution in [2.75, 3.05) is 26.7 Å². The molecule has 0 aliphatic rings. The topological polar surface area (TPSA) is 114 Å². The number of esters is 1. The van der Waals surface area contributed by atoms with Gasteiger partial charge < -0.3 is 25.0 Å². The van der Waals surface area contributed by atoms with E-state index >= 15 is 0 Å². The van der Waals surface area contributed by atoms with Crippen molar-refractivity contribution in [2.45, 2.75) is 39.3 Å². The molecular weight excluding hydrogens is 378 g/mol. The molecule has 0 saturated heterocycles. The Hall–Kier alpha value is -3.10. The SMILES string of the molecule is CCN(C(=O)CNC(=O)OC(C)(C)C)C(C(=O)NCC(=O)OC)c1ccccc1. The van der Waals surface area contributed by atoms with Gasteiger partial charge in [0, 0.05) is 6.54 Å². The summed E-state index contributed by atoms with van der Waals surface area (Å²) in [5.74, 6) is -1.61. The van der Waals surface area contributed by atoms with Crippen LogP contribution in [0.1, 0.15) is 39.3 Å². The Balaban J connectivity index is 2.95. The van der Waals surface area contributed by atoms with E-state index < -0.39 is 35.5 Å². The molecule has 0 heterocycles. The molecule has 9 nitrogen and oxygen atoms in total. The highest BCUT2D eigenvalue weighted by Gasteiger charge is 2.31. The van der Waals surface area contributed by atoms with Crippen LogP contribution in [-0.2, 0) is 23.9 Å². The zero-order valence-corrected chi connectivity index (χ0v) is 17.5. The first-order chi connectivity index (χ1) is 13.6. The third-order valence-electron chi connectivity index (χ3n) is 3.75. The highest BCUT2D eigenvalue weighted by atomic mass is 16.6. The molecule has 0 aliphatic heterocycles. The summed E-state index contributed by atoms with van der Waals surface area (Å²) in [6.07, 6.45) is -0.728. The fraction of sp³-hybridized carbons (Fsp3) is 0.500. The molecule has 3 amide bonds. The zero-order chi connectivity index (χ0) is 22.0. The number of carbonyl (C=O) groups is 4. The summed E-state index contributed by atoms with van der Waals surface area (Å²) in [7, 11) is 1.22. The highest BCUT2D eigenvalue weighted by Crippen LogP contribution is 2.21. The smallest absolute Gasteiger partial charge is 0.408 e. The Kier molecular flexibility index (Phi) is 9.11. The van der Waals surface area contributed by atoms with Crippen LogP contribution in [0.2, 0.25) is 0 Å². The number of benzene rings is 1. The normalized spacial score (nSPS) is 11.8. The lowest BCUT2D eigenvalue weighted by atomic mass is 10.0. The number of rotatable bonds is 8. The fourth-order valence-electron chi connectivity index (χ4n) is 2.50. The van der Waals surface area contributed by atoms with Gasteiger partial charge in [-0.05, 0) is 33.3 Å². The van der Waals surface area contributed by atoms with Crippen molar-refractivity contribution >= 4 is 23.9 Å². The minimum atomic E-state index is -0.973. The molecule has 1 aromatic rings. The maximum Gasteiger partial charge on any atom is 0.408 e. The molecule has 0 bridgehead atoms. The first kappa shape index (κ1) is 23.9. The maximum atomic E-state index is 12.8. The average molecular weight is 407 g/mol. The lowest BCUT2D eigenvalue weighted by molar-refractivity contribution is -0.143. The van der Waals surface area contributed by atoms with E-state index in [2.05, 4.69) is 15.4 Å². The van der Waals surface area contributed by atoms with E-state index in [-0.39, 0.29) is 19.6 Å². The van der Waals surface area contributed by atoms with Crippen molar-refractivity contribution in [2.24, 2.45) is 0 Å². The molecule has 160 valence electrons. The van der Waals surface area contributed by atoms with Crippen LogP contribution in [0.25, 0.3) is 0 Å². The number of amides is 3. The van der Waals surface area contributed by atoms with Crippen molar-refractivity contribution in [1.29, 1.82) is 0 Å². The molecule has 0 saturated carbocycles. The van der Waals surface area contributed by atoms with Crippen LogP contribution in [0.5, 0.6) is 0 Å². The molecule has 0 fully saturated rings. The number of alkyl carbamates (subject to hydrolysis) is 1. The van der Waals surface area contributed by atoms with Crippen LogP contribution in [0.4, 0.5) is 4.79 Å². The number of nitrogens with one attached hydrogen (secondary N) is 2. The van der Waals surface area contributed by atoms with E-state index in [4.69, 9.17) is 4.74 Å². The van der Waals surface area contributed by atoms with Gasteiger partial charge in [-0.15, -0.1) is 0 Å². The molecule has 2 N–H and O–H groups in total. The van der Waals surface area contributed by atoms with Gasteiger partial charge in [0.1, 0.15) is 24.7 Å². The summed E-state index contributed by atoms with van der Waals surface area (Å²) in [4.78, 5) is 50.0. The predicted octanol–water partition coefficient (Wildman–Crippen LogP) is 1.39. The van der Waals surface area contributed by atoms with Crippen molar-refractivity contribution in [3.63, 3.8) is 0 Å². The average Bonchev–Trinajstić information content (AvgIpc) is 2.67. The maximum absolute atomic E-state index is 12.8. The zero-order valence-electron chi connectivity index (χ0n) is 17.5. The van der Waals surface area contributed by atoms with Crippen LogP contribution in [-0.4, -0.2) is 61.1 Å². The standard InChI is InChI=1S/C20H29N3O6/c1-6-23(15(24)12-22-19(27)29-20(2,3)4)17(14-10-8-7-9-11-14)18(26)21-13-16(25)28-5/h7-11,17H,6,12-13H2,1-5H3,(H,21,26)(H,22,27). The van der Waals surface area contributed by atoms with Crippen molar-refractivity contribution in [3.05, 3.63) is 35.9 Å². The van der Waals surface area contributed by atoms with Gasteiger partial charge in [-0.25, -0.2) is 4.79 Å². The van der Waals surface area contributed by atoms with E-state index in [1.165, 1.54) is 12.0 Å². The minimum Gasteiger partial charge on any atom is -0.468 e. The molecule has 1 unspecified atom stereocenters. The van der Waals surface area contributed by atoms with Gasteiger partial charge in [0.2, 0.25) is 11.8 Å².